The largest absolute Gasteiger partial charge is 0.391 e. The first-order chi connectivity index (χ1) is 37.7. The number of aryl methyl sites for hydroxylation is 3. The van der Waals surface area contributed by atoms with Crippen LogP contribution in [0.25, 0.3) is 26.8 Å². The Morgan fingerprint density at radius 3 is 2.18 bits per heavy atom. The van der Waals surface area contributed by atoms with Gasteiger partial charge in [-0.1, -0.05) is 100.0 Å². The number of aliphatic imine (C=N–C) groups is 1. The molecular weight excluding hydrogens is 1060 g/mol. The number of β-amino-alcohol motifs (C(OH)–C–C–N with tert-alkyl or cyclic N) is 1. The number of hydrogen-bond acceptors (Lipinski definition) is 15. The second-order valence-electron chi connectivity index (χ2n) is 21.5. The smallest absolute Gasteiger partial charge is 0.246 e. The summed E-state index contributed by atoms with van der Waals surface area (Å²) in [6.45, 7) is 17.0. The molecule has 6 heterocycles. The minimum atomic E-state index is -0.991. The van der Waals surface area contributed by atoms with E-state index in [-0.39, 0.29) is 69.5 Å². The SMILES string of the molecule is Cc1ncsc1-c1ccc([C@H](C)CC(=O)[C@@H]2C[C@@H](O)CN2C(=O)[C@@H](NC(=O)COCOCc2cnc(-c3ccc([C@H](C)NC(=O)C[C@@H]4N=C(c5ccc(Cl)cc5)c5c(sc(C)c5C)-n5c(C)nnc54)cc3)nc2)C(C)(C)C)cc1. The maximum Gasteiger partial charge on any atom is 0.246 e. The van der Waals surface area contributed by atoms with E-state index in [1.54, 1.807) is 35.1 Å². The van der Waals surface area contributed by atoms with E-state index in [0.717, 1.165) is 70.9 Å². The fraction of sp³-hybridized carbons (Fsp3) is 0.390. The van der Waals surface area contributed by atoms with E-state index in [2.05, 4.69) is 49.6 Å². The number of hydrogen-bond donors (Lipinski definition) is 3. The molecule has 0 spiro atoms. The molecule has 1 fully saturated rings. The van der Waals surface area contributed by atoms with Crippen molar-refractivity contribution >= 4 is 63.5 Å². The lowest BCUT2D eigenvalue weighted by atomic mass is 9.85. The number of nitrogens with one attached hydrogen (secondary N) is 2. The summed E-state index contributed by atoms with van der Waals surface area (Å²) in [7, 11) is 0. The van der Waals surface area contributed by atoms with Gasteiger partial charge in [0.05, 0.1) is 53.0 Å². The standard InChI is InChI=1S/C59H65ClN10O7S2/c1-32(39-10-14-42(15-11-39)53-35(4)63-30-78-53)22-48(72)47-23-45(71)27-69(47)57(75)54(59(7,8)9)66-50(74)29-77-31-76-28-38-25-61-55(62-26-38)43-16-12-40(13-17-43)34(3)64-49(73)24-46-56-68-67-37(6)70(56)58-51(33(2)36(5)79-58)52(65-46)41-18-20-44(60)21-19-41/h10-21,25-26,30,32,34,45-47,54,71H,22-24,27-29,31H2,1-9H3,(H,64,73)(H,66,74)/t32-,34+,45-,46+,47+,54-/m1/s1. The molecule has 6 atom stereocenters. The number of carbonyl (C=O) groups excluding carboxylic acids is 4. The molecule has 3 aromatic carbocycles. The van der Waals surface area contributed by atoms with Crippen LogP contribution in [0.15, 0.2) is 95.7 Å². The van der Waals surface area contributed by atoms with Crippen molar-refractivity contribution in [1.29, 1.82) is 0 Å². The van der Waals surface area contributed by atoms with Gasteiger partial charge in [-0.15, -0.1) is 32.9 Å². The maximum absolute atomic E-state index is 14.2. The van der Waals surface area contributed by atoms with Crippen LogP contribution >= 0.6 is 34.3 Å². The lowest BCUT2D eigenvalue weighted by Crippen LogP contribution is -2.57. The van der Waals surface area contributed by atoms with Gasteiger partial charge in [0.1, 0.15) is 36.3 Å². The van der Waals surface area contributed by atoms with Gasteiger partial charge < -0.3 is 30.1 Å². The van der Waals surface area contributed by atoms with E-state index in [0.29, 0.717) is 22.2 Å². The monoisotopic (exact) mass is 1120 g/mol. The average molecular weight is 1130 g/mol. The van der Waals surface area contributed by atoms with Crippen LogP contribution in [0.2, 0.25) is 5.02 Å². The topological polar surface area (TPSA) is 216 Å². The van der Waals surface area contributed by atoms with Gasteiger partial charge in [0.2, 0.25) is 17.7 Å². The molecule has 20 heteroatoms. The molecule has 4 aromatic heterocycles. The van der Waals surface area contributed by atoms with Crippen molar-refractivity contribution < 1.29 is 33.8 Å². The highest BCUT2D eigenvalue weighted by atomic mass is 35.5. The van der Waals surface area contributed by atoms with Gasteiger partial charge in [0.25, 0.3) is 0 Å². The molecule has 17 nitrogen and oxygen atoms in total. The third-order valence-corrected chi connectivity index (χ3v) is 16.9. The molecule has 0 saturated carbocycles. The van der Waals surface area contributed by atoms with Crippen LogP contribution in [0.1, 0.15) is 127 Å². The van der Waals surface area contributed by atoms with Crippen LogP contribution in [0, 0.1) is 33.1 Å². The molecule has 0 aliphatic carbocycles. The van der Waals surface area contributed by atoms with Crippen LogP contribution < -0.4 is 10.6 Å². The quantitative estimate of drug-likeness (QED) is 0.0510. The molecule has 0 radical (unpaired) electrons. The summed E-state index contributed by atoms with van der Waals surface area (Å²) < 4.78 is 13.2. The van der Waals surface area contributed by atoms with Gasteiger partial charge in [-0.2, -0.15) is 0 Å². The molecule has 2 aliphatic heterocycles. The highest BCUT2D eigenvalue weighted by Crippen LogP contribution is 2.40. The number of aromatic nitrogens is 6. The van der Waals surface area contributed by atoms with Crippen molar-refractivity contribution in [3.05, 3.63) is 151 Å². The second kappa shape index (κ2) is 24.2. The molecule has 3 N–H and O–H groups in total. The number of fused-ring (bicyclic) bond motifs is 3. The van der Waals surface area contributed by atoms with Crippen molar-refractivity contribution in [3.8, 4) is 26.8 Å². The summed E-state index contributed by atoms with van der Waals surface area (Å²) in [5.41, 5.74) is 10.3. The summed E-state index contributed by atoms with van der Waals surface area (Å²) in [5.74, 6) is 0.418. The summed E-state index contributed by atoms with van der Waals surface area (Å²) in [6.07, 6.45) is 2.82. The Morgan fingerprint density at radius 1 is 0.835 bits per heavy atom. The minimum Gasteiger partial charge on any atom is -0.391 e. The van der Waals surface area contributed by atoms with Crippen LogP contribution in [-0.4, -0.2) is 107 Å². The highest BCUT2D eigenvalue weighted by molar-refractivity contribution is 7.15. The van der Waals surface area contributed by atoms with Crippen LogP contribution in [0.3, 0.4) is 0 Å². The Hall–Kier alpha value is -6.87. The first-order valence-corrected chi connectivity index (χ1v) is 28.3. The Kier molecular flexibility index (Phi) is 17.4. The van der Waals surface area contributed by atoms with E-state index < -0.39 is 41.5 Å². The summed E-state index contributed by atoms with van der Waals surface area (Å²) in [5, 5.41) is 27.2. The predicted molar refractivity (Wildman–Crippen MR) is 305 cm³/mol. The Morgan fingerprint density at radius 2 is 1.51 bits per heavy atom. The number of thiazole rings is 1. The zero-order chi connectivity index (χ0) is 56.3. The van der Waals surface area contributed by atoms with Crippen molar-refractivity contribution in [3.63, 3.8) is 0 Å². The normalized spacial score (nSPS) is 17.3. The minimum absolute atomic E-state index is 0.00618. The summed E-state index contributed by atoms with van der Waals surface area (Å²) >= 11 is 9.52. The molecule has 0 bridgehead atoms. The van der Waals surface area contributed by atoms with Crippen LogP contribution in [-0.2, 0) is 35.3 Å². The fourth-order valence-electron chi connectivity index (χ4n) is 10.0. The van der Waals surface area contributed by atoms with Crippen LogP contribution in [0.5, 0.6) is 0 Å². The number of amides is 3. The van der Waals surface area contributed by atoms with Gasteiger partial charge >= 0.3 is 0 Å². The van der Waals surface area contributed by atoms with Gasteiger partial charge in [-0.3, -0.25) is 28.7 Å². The molecule has 79 heavy (non-hydrogen) atoms. The Bertz CT molecular complexity index is 3370. The predicted octanol–water partition coefficient (Wildman–Crippen LogP) is 9.70. The molecule has 412 valence electrons. The molecule has 7 aromatic rings. The zero-order valence-corrected chi connectivity index (χ0v) is 48.1. The Labute approximate surface area is 472 Å². The summed E-state index contributed by atoms with van der Waals surface area (Å²) in [4.78, 5) is 77.4. The number of ketones is 1. The number of thiophene rings is 1. The van der Waals surface area contributed by atoms with Crippen molar-refractivity contribution in [2.45, 2.75) is 124 Å². The van der Waals surface area contributed by atoms with Gasteiger partial charge in [-0.25, -0.2) is 15.0 Å². The van der Waals surface area contributed by atoms with Crippen LogP contribution in [0.4, 0.5) is 0 Å². The van der Waals surface area contributed by atoms with Gasteiger partial charge in [-0.05, 0) is 80.3 Å². The van der Waals surface area contributed by atoms with E-state index in [4.69, 9.17) is 26.1 Å². The van der Waals surface area contributed by atoms with Crippen molar-refractivity contribution in [2.75, 3.05) is 19.9 Å². The van der Waals surface area contributed by atoms with E-state index >= 15 is 0 Å². The number of carbonyl (C=O) groups is 4. The fourth-order valence-corrected chi connectivity index (χ4v) is 12.2. The number of likely N-dealkylation sites (tertiary alicyclic amines) is 1. The highest BCUT2D eigenvalue weighted by Gasteiger charge is 2.44. The number of aliphatic hydroxyl groups is 1. The lowest BCUT2D eigenvalue weighted by molar-refractivity contribution is -0.145. The number of rotatable bonds is 19. The van der Waals surface area contributed by atoms with E-state index in [1.165, 1.54) is 4.90 Å². The molecule has 3 amide bonds. The maximum atomic E-state index is 14.2. The third-order valence-electron chi connectivity index (χ3n) is 14.5. The molecular formula is C59H65ClN10O7S2. The molecule has 0 unspecified atom stereocenters. The summed E-state index contributed by atoms with van der Waals surface area (Å²) in [6, 6.07) is 20.6. The van der Waals surface area contributed by atoms with E-state index in [9.17, 15) is 24.3 Å². The number of Topliss-reactive ketones (excluding diaryl/α,β-unsaturated/α-hetero) is 1. The Balaban J connectivity index is 0.735. The van der Waals surface area contributed by atoms with E-state index in [1.807, 2.05) is 131 Å². The van der Waals surface area contributed by atoms with Gasteiger partial charge in [0.15, 0.2) is 17.4 Å². The first kappa shape index (κ1) is 56.8. The average Bonchev–Trinajstić information content (AvgIpc) is 4.32. The molecule has 9 rings (SSSR count). The molecule has 2 aliphatic rings. The number of halogens is 1. The number of ether oxygens (including phenoxy) is 2. The van der Waals surface area contributed by atoms with Crippen molar-refractivity contribution in [2.24, 2.45) is 10.4 Å². The zero-order valence-electron chi connectivity index (χ0n) is 45.7. The number of nitrogens with zero attached hydrogens (tertiary/aromatic N) is 8. The molecule has 1 saturated heterocycles. The third kappa shape index (κ3) is 12.9. The first-order valence-electron chi connectivity index (χ1n) is 26.3. The second-order valence-corrected chi connectivity index (χ2v) is 24.0. The van der Waals surface area contributed by atoms with Gasteiger partial charge in [0, 0.05) is 63.9 Å². The lowest BCUT2D eigenvalue weighted by Gasteiger charge is -2.35. The number of aliphatic hydroxyl groups excluding tert-OH is 1. The number of benzene rings is 3. The van der Waals surface area contributed by atoms with Crippen molar-refractivity contribution in [1.82, 2.24) is 45.2 Å².